The smallest absolute Gasteiger partial charge is 0.243 e. The third kappa shape index (κ3) is 6.76. The second-order valence-electron chi connectivity index (χ2n) is 5.90. The zero-order chi connectivity index (χ0) is 14.4. The van der Waals surface area contributed by atoms with E-state index in [9.17, 15) is 4.79 Å². The van der Waals surface area contributed by atoms with Gasteiger partial charge in [-0.3, -0.25) is 4.79 Å². The number of aliphatic imine (C=N–C) groups is 1. The van der Waals surface area contributed by atoms with Crippen LogP contribution in [-0.2, 0) is 4.79 Å². The molecule has 1 heterocycles. The second-order valence-corrected chi connectivity index (χ2v) is 5.90. The van der Waals surface area contributed by atoms with Crippen molar-refractivity contribution < 1.29 is 4.79 Å². The van der Waals surface area contributed by atoms with Gasteiger partial charge >= 0.3 is 0 Å². The molecule has 0 bridgehead atoms. The number of carbonyl (C=O) groups is 1. The molecular formula is C14H29IN4O. The molecule has 1 saturated heterocycles. The summed E-state index contributed by atoms with van der Waals surface area (Å²) in [6.45, 7) is 8.74. The summed E-state index contributed by atoms with van der Waals surface area (Å²) in [7, 11) is 3.52. The molecular weight excluding hydrogens is 367 g/mol. The number of hydrogen-bond donors (Lipinski definition) is 1. The molecule has 5 nitrogen and oxygen atoms in total. The van der Waals surface area contributed by atoms with Crippen molar-refractivity contribution in [3.05, 3.63) is 0 Å². The lowest BCUT2D eigenvalue weighted by atomic mass is 9.99. The first-order valence-electron chi connectivity index (χ1n) is 7.16. The maximum atomic E-state index is 11.6. The van der Waals surface area contributed by atoms with Crippen LogP contribution in [0.15, 0.2) is 4.99 Å². The van der Waals surface area contributed by atoms with Crippen molar-refractivity contribution in [3.63, 3.8) is 0 Å². The number of carbonyl (C=O) groups excluding carboxylic acids is 1. The van der Waals surface area contributed by atoms with Crippen LogP contribution in [0.1, 0.15) is 33.6 Å². The predicted molar refractivity (Wildman–Crippen MR) is 94.7 cm³/mol. The summed E-state index contributed by atoms with van der Waals surface area (Å²) in [6, 6.07) is 0.326. The Balaban J connectivity index is 0.00000361. The highest BCUT2D eigenvalue weighted by Gasteiger charge is 2.19. The van der Waals surface area contributed by atoms with Crippen LogP contribution in [-0.4, -0.2) is 61.4 Å². The number of nitrogens with zero attached hydrogens (tertiary/aromatic N) is 3. The highest BCUT2D eigenvalue weighted by atomic mass is 127. The molecule has 1 aliphatic rings. The van der Waals surface area contributed by atoms with Gasteiger partial charge < -0.3 is 15.1 Å². The van der Waals surface area contributed by atoms with Crippen LogP contribution in [0.4, 0.5) is 0 Å². The Labute approximate surface area is 140 Å². The van der Waals surface area contributed by atoms with E-state index >= 15 is 0 Å². The molecule has 1 amide bonds. The largest absolute Gasteiger partial charge is 0.354 e. The topological polar surface area (TPSA) is 47.9 Å². The minimum absolute atomic E-state index is 0. The molecule has 0 unspecified atom stereocenters. The van der Waals surface area contributed by atoms with Gasteiger partial charge in [-0.05, 0) is 32.6 Å². The SMILES string of the molecule is CC1CCN(C(=NCC(=O)N(C)C)NC(C)C)CC1.I. The maximum absolute atomic E-state index is 11.6. The summed E-state index contributed by atoms with van der Waals surface area (Å²) >= 11 is 0. The minimum Gasteiger partial charge on any atom is -0.354 e. The van der Waals surface area contributed by atoms with E-state index in [4.69, 9.17) is 0 Å². The van der Waals surface area contributed by atoms with Crippen molar-refractivity contribution in [2.45, 2.75) is 39.7 Å². The standard InChI is InChI=1S/C14H28N4O.HI/c1-11(2)16-14(15-10-13(19)17(4)5)18-8-6-12(3)7-9-18;/h11-12H,6-10H2,1-5H3,(H,15,16);1H. The van der Waals surface area contributed by atoms with Gasteiger partial charge in [0.25, 0.3) is 0 Å². The Hall–Kier alpha value is -0.530. The molecule has 0 aromatic rings. The van der Waals surface area contributed by atoms with E-state index in [2.05, 4.69) is 36.0 Å². The van der Waals surface area contributed by atoms with Crippen LogP contribution in [0.3, 0.4) is 0 Å². The van der Waals surface area contributed by atoms with E-state index in [0.29, 0.717) is 6.04 Å². The average molecular weight is 396 g/mol. The lowest BCUT2D eigenvalue weighted by Gasteiger charge is -2.33. The molecule has 0 saturated carbocycles. The molecule has 1 fully saturated rings. The number of rotatable bonds is 3. The normalized spacial score (nSPS) is 16.9. The fourth-order valence-corrected chi connectivity index (χ4v) is 2.00. The number of amides is 1. The van der Waals surface area contributed by atoms with Gasteiger partial charge in [-0.2, -0.15) is 0 Å². The Kier molecular flexibility index (Phi) is 9.16. The van der Waals surface area contributed by atoms with Crippen molar-refractivity contribution in [1.82, 2.24) is 15.1 Å². The highest BCUT2D eigenvalue weighted by Crippen LogP contribution is 2.16. The second kappa shape index (κ2) is 9.41. The Morgan fingerprint density at radius 3 is 2.35 bits per heavy atom. The molecule has 1 aliphatic heterocycles. The Bertz CT molecular complexity index is 323. The molecule has 0 aromatic carbocycles. The van der Waals surface area contributed by atoms with Gasteiger partial charge in [0.1, 0.15) is 6.54 Å². The van der Waals surface area contributed by atoms with Gasteiger partial charge in [0.05, 0.1) is 0 Å². The number of halogens is 1. The fraction of sp³-hybridized carbons (Fsp3) is 0.857. The van der Waals surface area contributed by atoms with Crippen LogP contribution < -0.4 is 5.32 Å². The molecule has 6 heteroatoms. The zero-order valence-corrected chi connectivity index (χ0v) is 15.7. The van der Waals surface area contributed by atoms with Crippen molar-refractivity contribution >= 4 is 35.8 Å². The summed E-state index contributed by atoms with van der Waals surface area (Å²) in [6.07, 6.45) is 2.39. The van der Waals surface area contributed by atoms with E-state index in [1.165, 1.54) is 12.8 Å². The van der Waals surface area contributed by atoms with Crippen LogP contribution in [0.5, 0.6) is 0 Å². The molecule has 118 valence electrons. The number of likely N-dealkylation sites (N-methyl/N-ethyl adjacent to an activating group) is 1. The van der Waals surface area contributed by atoms with E-state index in [0.717, 1.165) is 25.0 Å². The van der Waals surface area contributed by atoms with Crippen LogP contribution >= 0.6 is 24.0 Å². The number of hydrogen-bond acceptors (Lipinski definition) is 2. The van der Waals surface area contributed by atoms with E-state index in [-0.39, 0.29) is 36.4 Å². The summed E-state index contributed by atoms with van der Waals surface area (Å²) in [5.41, 5.74) is 0. The van der Waals surface area contributed by atoms with Gasteiger partial charge in [-0.25, -0.2) is 4.99 Å². The fourth-order valence-electron chi connectivity index (χ4n) is 2.00. The Morgan fingerprint density at radius 2 is 1.90 bits per heavy atom. The molecule has 0 aromatic heterocycles. The third-order valence-electron chi connectivity index (χ3n) is 3.36. The highest BCUT2D eigenvalue weighted by molar-refractivity contribution is 14.0. The summed E-state index contributed by atoms with van der Waals surface area (Å²) in [4.78, 5) is 20.0. The van der Waals surface area contributed by atoms with Gasteiger partial charge in [-0.15, -0.1) is 24.0 Å². The number of guanidine groups is 1. The van der Waals surface area contributed by atoms with E-state index in [1.807, 2.05) is 0 Å². The van der Waals surface area contributed by atoms with Crippen LogP contribution in [0.25, 0.3) is 0 Å². The predicted octanol–water partition coefficient (Wildman–Crippen LogP) is 1.78. The lowest BCUT2D eigenvalue weighted by Crippen LogP contribution is -2.48. The summed E-state index contributed by atoms with van der Waals surface area (Å²) < 4.78 is 0. The summed E-state index contributed by atoms with van der Waals surface area (Å²) in [5, 5.41) is 3.36. The molecule has 1 N–H and O–H groups in total. The molecule has 0 spiro atoms. The van der Waals surface area contributed by atoms with Gasteiger partial charge in [0.2, 0.25) is 5.91 Å². The van der Waals surface area contributed by atoms with E-state index in [1.54, 1.807) is 19.0 Å². The summed E-state index contributed by atoms with van der Waals surface area (Å²) in [5.74, 6) is 1.70. The molecule has 0 atom stereocenters. The molecule has 1 rings (SSSR count). The van der Waals surface area contributed by atoms with Crippen molar-refractivity contribution in [3.8, 4) is 0 Å². The maximum Gasteiger partial charge on any atom is 0.243 e. The van der Waals surface area contributed by atoms with Crippen molar-refractivity contribution in [2.75, 3.05) is 33.7 Å². The first-order valence-corrected chi connectivity index (χ1v) is 7.16. The number of piperidine rings is 1. The van der Waals surface area contributed by atoms with Crippen molar-refractivity contribution in [2.24, 2.45) is 10.9 Å². The first-order chi connectivity index (χ1) is 8.90. The van der Waals surface area contributed by atoms with Gasteiger partial charge in [-0.1, -0.05) is 6.92 Å². The van der Waals surface area contributed by atoms with Crippen molar-refractivity contribution in [1.29, 1.82) is 0 Å². The average Bonchev–Trinajstić information content (AvgIpc) is 2.34. The van der Waals surface area contributed by atoms with Gasteiger partial charge in [0.15, 0.2) is 5.96 Å². The monoisotopic (exact) mass is 396 g/mol. The Morgan fingerprint density at radius 1 is 1.35 bits per heavy atom. The lowest BCUT2D eigenvalue weighted by molar-refractivity contribution is -0.127. The van der Waals surface area contributed by atoms with E-state index < -0.39 is 0 Å². The van der Waals surface area contributed by atoms with Gasteiger partial charge in [0, 0.05) is 33.2 Å². The zero-order valence-electron chi connectivity index (χ0n) is 13.3. The number of nitrogens with one attached hydrogen (secondary N) is 1. The number of likely N-dealkylation sites (tertiary alicyclic amines) is 1. The molecule has 20 heavy (non-hydrogen) atoms. The molecule has 0 radical (unpaired) electrons. The van der Waals surface area contributed by atoms with Crippen LogP contribution in [0, 0.1) is 5.92 Å². The van der Waals surface area contributed by atoms with Crippen LogP contribution in [0.2, 0.25) is 0 Å². The molecule has 0 aliphatic carbocycles. The third-order valence-corrected chi connectivity index (χ3v) is 3.36. The quantitative estimate of drug-likeness (QED) is 0.450. The first kappa shape index (κ1) is 19.5. The minimum atomic E-state index is 0.